The summed E-state index contributed by atoms with van der Waals surface area (Å²) in [6.07, 6.45) is 40.2. The zero-order valence-corrected chi connectivity index (χ0v) is 43.8. The Kier molecular flexibility index (Phi) is 46.2. The maximum atomic E-state index is 13.0. The molecule has 1 amide bonds. The van der Waals surface area contributed by atoms with Crippen molar-refractivity contribution in [3.63, 3.8) is 0 Å². The van der Waals surface area contributed by atoms with Gasteiger partial charge in [0.1, 0.15) is 6.10 Å². The van der Waals surface area contributed by atoms with Crippen molar-refractivity contribution in [1.82, 2.24) is 15.1 Å². The molecule has 380 valence electrons. The fourth-order valence-electron chi connectivity index (χ4n) is 8.75. The van der Waals surface area contributed by atoms with Crippen molar-refractivity contribution in [3.05, 3.63) is 0 Å². The molecule has 0 atom stereocenters. The number of nitrogens with one attached hydrogen (secondary N) is 1. The van der Waals surface area contributed by atoms with Crippen LogP contribution in [0.25, 0.3) is 0 Å². The van der Waals surface area contributed by atoms with E-state index in [9.17, 15) is 14.4 Å². The first-order valence-corrected chi connectivity index (χ1v) is 27.7. The average molecular weight is 908 g/mol. The van der Waals surface area contributed by atoms with Gasteiger partial charge in [0, 0.05) is 39.0 Å². The highest BCUT2D eigenvalue weighted by Crippen LogP contribution is 2.25. The summed E-state index contributed by atoms with van der Waals surface area (Å²) in [5, 5.41) is 2.95. The quantitative estimate of drug-likeness (QED) is 0.0366. The Morgan fingerprint density at radius 3 is 1.12 bits per heavy atom. The lowest BCUT2D eigenvalue weighted by Gasteiger charge is -2.21. The van der Waals surface area contributed by atoms with Gasteiger partial charge in [0.2, 0.25) is 0 Å². The number of alkyl carbamates (subject to hydrolysis) is 1. The van der Waals surface area contributed by atoms with E-state index >= 15 is 0 Å². The van der Waals surface area contributed by atoms with Crippen LogP contribution >= 0.6 is 0 Å². The van der Waals surface area contributed by atoms with Gasteiger partial charge in [-0.05, 0) is 97.2 Å². The molecule has 0 saturated carbocycles. The number of hydrogen-bond donors (Lipinski definition) is 1. The molecule has 0 aromatic rings. The average Bonchev–Trinajstić information content (AvgIpc) is 3.26. The Bertz CT molecular complexity index is 936. The molecule has 0 aromatic heterocycles. The van der Waals surface area contributed by atoms with Crippen molar-refractivity contribution in [3.8, 4) is 0 Å². The molecule has 0 aromatic carbocycles. The van der Waals surface area contributed by atoms with Crippen LogP contribution in [0.1, 0.15) is 259 Å². The number of esters is 2. The fourth-order valence-corrected chi connectivity index (χ4v) is 8.75. The molecule has 0 aliphatic heterocycles. The van der Waals surface area contributed by atoms with Crippen LogP contribution in [-0.4, -0.2) is 94.5 Å². The second-order valence-electron chi connectivity index (χ2n) is 19.9. The second-order valence-corrected chi connectivity index (χ2v) is 19.9. The number of nitrogens with zero attached hydrogens (tertiary/aromatic N) is 2. The van der Waals surface area contributed by atoms with Gasteiger partial charge >= 0.3 is 18.0 Å². The van der Waals surface area contributed by atoms with Gasteiger partial charge in [0.25, 0.3) is 0 Å². The van der Waals surface area contributed by atoms with Gasteiger partial charge < -0.3 is 29.3 Å². The molecule has 0 saturated heterocycles. The van der Waals surface area contributed by atoms with Crippen LogP contribution in [0, 0.1) is 11.8 Å². The van der Waals surface area contributed by atoms with E-state index in [1.165, 1.54) is 154 Å². The summed E-state index contributed by atoms with van der Waals surface area (Å²) >= 11 is 0. The van der Waals surface area contributed by atoms with Gasteiger partial charge in [-0.2, -0.15) is 0 Å². The van der Waals surface area contributed by atoms with E-state index in [0.29, 0.717) is 57.3 Å². The summed E-state index contributed by atoms with van der Waals surface area (Å²) in [6.45, 7) is 13.0. The predicted octanol–water partition coefficient (Wildman–Crippen LogP) is 15.0. The molecule has 0 radical (unpaired) electrons. The van der Waals surface area contributed by atoms with Crippen LogP contribution < -0.4 is 5.32 Å². The minimum Gasteiger partial charge on any atom is -0.466 e. The number of likely N-dealkylation sites (N-methyl/N-ethyl adjacent to an activating group) is 2. The van der Waals surface area contributed by atoms with Crippen molar-refractivity contribution < 1.29 is 28.6 Å². The number of unbranched alkanes of at least 4 members (excludes halogenated alkanes) is 22. The van der Waals surface area contributed by atoms with Crippen molar-refractivity contribution in [2.45, 2.75) is 265 Å². The van der Waals surface area contributed by atoms with Crippen LogP contribution in [0.15, 0.2) is 0 Å². The standard InChI is InChI=1S/C55H109N3O6/c1-8-12-16-20-24-28-36-50(37-29-25-21-17-13-9-2)48-53(59)62-46-34-32-40-52(64-55(61)56-42-43-58(7)45-44-57(5)6)41-33-35-47-63-54(60)49-51(38-30-26-22-18-14-10-3)39-31-27-23-19-15-11-4/h50-52H,8-49H2,1-7H3,(H,56,61). The molecule has 0 rings (SSSR count). The van der Waals surface area contributed by atoms with Gasteiger partial charge in [0.15, 0.2) is 0 Å². The Labute approximate surface area is 397 Å². The number of rotatable bonds is 49. The zero-order chi connectivity index (χ0) is 47.1. The van der Waals surface area contributed by atoms with Gasteiger partial charge in [-0.15, -0.1) is 0 Å². The largest absolute Gasteiger partial charge is 0.466 e. The summed E-state index contributed by atoms with van der Waals surface area (Å²) in [7, 11) is 6.19. The predicted molar refractivity (Wildman–Crippen MR) is 272 cm³/mol. The number of carbonyl (C=O) groups is 3. The molecule has 0 bridgehead atoms. The lowest BCUT2D eigenvalue weighted by Crippen LogP contribution is -2.37. The molecule has 0 aliphatic carbocycles. The molecule has 9 heteroatoms. The molecule has 0 unspecified atom stereocenters. The van der Waals surface area contributed by atoms with Crippen molar-refractivity contribution in [2.75, 3.05) is 60.5 Å². The minimum atomic E-state index is -0.382. The van der Waals surface area contributed by atoms with Crippen LogP contribution in [0.5, 0.6) is 0 Å². The highest BCUT2D eigenvalue weighted by molar-refractivity contribution is 5.70. The van der Waals surface area contributed by atoms with E-state index in [-0.39, 0.29) is 24.1 Å². The molecule has 0 spiro atoms. The Balaban J connectivity index is 5.03. The lowest BCUT2D eigenvalue weighted by molar-refractivity contribution is -0.146. The number of amides is 1. The highest BCUT2D eigenvalue weighted by atomic mass is 16.6. The SMILES string of the molecule is CCCCCCCCC(CCCCCCCC)CC(=O)OCCCCC(CCCCOC(=O)CC(CCCCCCCC)CCCCCCCC)OC(=O)NCCN(C)CCN(C)C. The molecule has 1 N–H and O–H groups in total. The summed E-state index contributed by atoms with van der Waals surface area (Å²) in [5.41, 5.74) is 0. The monoisotopic (exact) mass is 908 g/mol. The highest BCUT2D eigenvalue weighted by Gasteiger charge is 2.18. The van der Waals surface area contributed by atoms with E-state index in [4.69, 9.17) is 14.2 Å². The number of ether oxygens (including phenoxy) is 3. The summed E-state index contributed by atoms with van der Waals surface area (Å²) in [4.78, 5) is 43.3. The molecule has 0 heterocycles. The molecular formula is C55H109N3O6. The van der Waals surface area contributed by atoms with Crippen LogP contribution in [0.2, 0.25) is 0 Å². The van der Waals surface area contributed by atoms with Crippen molar-refractivity contribution >= 4 is 18.0 Å². The van der Waals surface area contributed by atoms with Crippen LogP contribution in [-0.2, 0) is 23.8 Å². The zero-order valence-electron chi connectivity index (χ0n) is 43.8. The summed E-state index contributed by atoms with van der Waals surface area (Å²) in [5.74, 6) is 0.723. The number of carbonyl (C=O) groups excluding carboxylic acids is 3. The van der Waals surface area contributed by atoms with Crippen LogP contribution in [0.4, 0.5) is 4.79 Å². The van der Waals surface area contributed by atoms with E-state index in [0.717, 1.165) is 71.0 Å². The molecule has 64 heavy (non-hydrogen) atoms. The fraction of sp³-hybridized carbons (Fsp3) is 0.945. The van der Waals surface area contributed by atoms with Crippen molar-refractivity contribution in [2.24, 2.45) is 11.8 Å². The topological polar surface area (TPSA) is 97.4 Å². The van der Waals surface area contributed by atoms with E-state index in [1.807, 2.05) is 0 Å². The van der Waals surface area contributed by atoms with Gasteiger partial charge in [0.05, 0.1) is 13.2 Å². The third kappa shape index (κ3) is 44.0. The first kappa shape index (κ1) is 62.1. The maximum absolute atomic E-state index is 13.0. The minimum absolute atomic E-state index is 0.0598. The molecule has 9 nitrogen and oxygen atoms in total. The van der Waals surface area contributed by atoms with Gasteiger partial charge in [-0.25, -0.2) is 4.79 Å². The van der Waals surface area contributed by atoms with Crippen molar-refractivity contribution in [1.29, 1.82) is 0 Å². The van der Waals surface area contributed by atoms with Gasteiger partial charge in [-0.1, -0.05) is 182 Å². The normalized spacial score (nSPS) is 11.8. The Morgan fingerprint density at radius 2 is 0.766 bits per heavy atom. The van der Waals surface area contributed by atoms with Crippen LogP contribution in [0.3, 0.4) is 0 Å². The number of hydrogen-bond acceptors (Lipinski definition) is 8. The van der Waals surface area contributed by atoms with E-state index < -0.39 is 0 Å². The van der Waals surface area contributed by atoms with Gasteiger partial charge in [-0.3, -0.25) is 9.59 Å². The smallest absolute Gasteiger partial charge is 0.407 e. The summed E-state index contributed by atoms with van der Waals surface area (Å²) in [6, 6.07) is 0. The lowest BCUT2D eigenvalue weighted by atomic mass is 9.91. The maximum Gasteiger partial charge on any atom is 0.407 e. The second kappa shape index (κ2) is 47.6. The first-order chi connectivity index (χ1) is 31.1. The molecular weight excluding hydrogens is 799 g/mol. The third-order valence-electron chi connectivity index (χ3n) is 13.1. The van der Waals surface area contributed by atoms with E-state index in [2.05, 4.69) is 64.0 Å². The molecule has 0 aliphatic rings. The Morgan fingerprint density at radius 1 is 0.422 bits per heavy atom. The Hall–Kier alpha value is -1.87. The van der Waals surface area contributed by atoms with E-state index in [1.54, 1.807) is 0 Å². The summed E-state index contributed by atoms with van der Waals surface area (Å²) < 4.78 is 17.6. The third-order valence-corrected chi connectivity index (χ3v) is 13.1. The first-order valence-electron chi connectivity index (χ1n) is 27.7. The molecule has 0 fully saturated rings.